The van der Waals surface area contributed by atoms with Crippen LogP contribution in [0.15, 0.2) is 18.2 Å². The van der Waals surface area contributed by atoms with E-state index in [4.69, 9.17) is 0 Å². The SMILES string of the molecule is COC(=O)c1ccc(C(F)(F)F)c([N+](=O)[O-])c1. The first-order chi connectivity index (χ1) is 7.77. The molecule has 0 amide bonds. The van der Waals surface area contributed by atoms with E-state index < -0.39 is 28.3 Å². The summed E-state index contributed by atoms with van der Waals surface area (Å²) < 4.78 is 41.5. The van der Waals surface area contributed by atoms with Crippen LogP contribution in [-0.4, -0.2) is 18.0 Å². The van der Waals surface area contributed by atoms with Crippen LogP contribution < -0.4 is 0 Å². The van der Waals surface area contributed by atoms with Crippen LogP contribution in [0.5, 0.6) is 0 Å². The highest BCUT2D eigenvalue weighted by Gasteiger charge is 2.38. The number of ether oxygens (including phenoxy) is 1. The molecule has 0 heterocycles. The van der Waals surface area contributed by atoms with Gasteiger partial charge in [-0.2, -0.15) is 13.2 Å². The fourth-order valence-electron chi connectivity index (χ4n) is 1.17. The van der Waals surface area contributed by atoms with Gasteiger partial charge in [-0.3, -0.25) is 10.1 Å². The van der Waals surface area contributed by atoms with Gasteiger partial charge in [-0.1, -0.05) is 0 Å². The first-order valence-corrected chi connectivity index (χ1v) is 4.21. The molecular formula is C9H6F3NO4. The summed E-state index contributed by atoms with van der Waals surface area (Å²) in [6.07, 6.45) is -4.85. The topological polar surface area (TPSA) is 69.4 Å². The zero-order valence-corrected chi connectivity index (χ0v) is 8.45. The fraction of sp³-hybridized carbons (Fsp3) is 0.222. The lowest BCUT2D eigenvalue weighted by Gasteiger charge is -2.08. The van der Waals surface area contributed by atoms with Crippen LogP contribution in [0, 0.1) is 10.1 Å². The van der Waals surface area contributed by atoms with Crippen LogP contribution in [0.4, 0.5) is 18.9 Å². The number of carbonyl (C=O) groups is 1. The quantitative estimate of drug-likeness (QED) is 0.458. The van der Waals surface area contributed by atoms with E-state index in [9.17, 15) is 28.1 Å². The van der Waals surface area contributed by atoms with Gasteiger partial charge >= 0.3 is 12.1 Å². The highest BCUT2D eigenvalue weighted by Crippen LogP contribution is 2.36. The normalized spacial score (nSPS) is 11.1. The predicted octanol–water partition coefficient (Wildman–Crippen LogP) is 2.40. The summed E-state index contributed by atoms with van der Waals surface area (Å²) in [4.78, 5) is 20.3. The molecule has 0 unspecified atom stereocenters. The molecule has 0 N–H and O–H groups in total. The van der Waals surface area contributed by atoms with E-state index >= 15 is 0 Å². The van der Waals surface area contributed by atoms with Crippen LogP contribution in [0.3, 0.4) is 0 Å². The summed E-state index contributed by atoms with van der Waals surface area (Å²) in [7, 11) is 1.02. The number of benzene rings is 1. The molecule has 0 aliphatic heterocycles. The maximum Gasteiger partial charge on any atom is 0.422 e. The summed E-state index contributed by atoms with van der Waals surface area (Å²) in [5.41, 5.74) is -2.90. The van der Waals surface area contributed by atoms with Crippen molar-refractivity contribution in [2.45, 2.75) is 6.18 Å². The molecule has 0 radical (unpaired) electrons. The van der Waals surface area contributed by atoms with E-state index in [0.717, 1.165) is 13.2 Å². The summed E-state index contributed by atoms with van der Waals surface area (Å²) in [5.74, 6) is -0.943. The van der Waals surface area contributed by atoms with Crippen molar-refractivity contribution in [3.63, 3.8) is 0 Å². The lowest BCUT2D eigenvalue weighted by Crippen LogP contribution is -2.11. The second-order valence-electron chi connectivity index (χ2n) is 2.98. The van der Waals surface area contributed by atoms with Crippen molar-refractivity contribution in [3.05, 3.63) is 39.4 Å². The maximum absolute atomic E-state index is 12.4. The zero-order valence-electron chi connectivity index (χ0n) is 8.45. The van der Waals surface area contributed by atoms with Crippen LogP contribution in [0.2, 0.25) is 0 Å². The summed E-state index contributed by atoms with van der Waals surface area (Å²) >= 11 is 0. The Bertz CT molecular complexity index is 470. The molecule has 0 spiro atoms. The van der Waals surface area contributed by atoms with Gasteiger partial charge in [0.2, 0.25) is 0 Å². The average Bonchev–Trinajstić information content (AvgIpc) is 2.25. The number of esters is 1. The van der Waals surface area contributed by atoms with Gasteiger partial charge in [0.25, 0.3) is 5.69 Å². The van der Waals surface area contributed by atoms with Crippen molar-refractivity contribution >= 4 is 11.7 Å². The third-order valence-corrected chi connectivity index (χ3v) is 1.92. The van der Waals surface area contributed by atoms with E-state index in [1.165, 1.54) is 0 Å². The van der Waals surface area contributed by atoms with Gasteiger partial charge < -0.3 is 4.74 Å². The van der Waals surface area contributed by atoms with Crippen molar-refractivity contribution in [1.29, 1.82) is 0 Å². The number of methoxy groups -OCH3 is 1. The van der Waals surface area contributed by atoms with Crippen molar-refractivity contribution in [3.8, 4) is 0 Å². The summed E-state index contributed by atoms with van der Waals surface area (Å²) in [5, 5.41) is 10.5. The molecule has 92 valence electrons. The third-order valence-electron chi connectivity index (χ3n) is 1.92. The Balaban J connectivity index is 3.37. The highest BCUT2D eigenvalue weighted by molar-refractivity contribution is 5.90. The summed E-state index contributed by atoms with van der Waals surface area (Å²) in [6.45, 7) is 0. The molecule has 0 aliphatic carbocycles. The monoisotopic (exact) mass is 249 g/mol. The minimum absolute atomic E-state index is 0.313. The van der Waals surface area contributed by atoms with Gasteiger partial charge in [-0.25, -0.2) is 4.79 Å². The number of halogens is 3. The predicted molar refractivity (Wildman–Crippen MR) is 49.4 cm³/mol. The smallest absolute Gasteiger partial charge is 0.422 e. The Morgan fingerprint density at radius 3 is 2.41 bits per heavy atom. The van der Waals surface area contributed by atoms with E-state index in [2.05, 4.69) is 4.74 Å². The number of hydrogen-bond donors (Lipinski definition) is 0. The Morgan fingerprint density at radius 2 is 2.00 bits per heavy atom. The number of nitro groups is 1. The van der Waals surface area contributed by atoms with E-state index in [0.29, 0.717) is 12.1 Å². The second kappa shape index (κ2) is 4.40. The molecule has 5 nitrogen and oxygen atoms in total. The molecule has 0 fully saturated rings. The van der Waals surface area contributed by atoms with E-state index in [-0.39, 0.29) is 5.56 Å². The molecule has 0 saturated carbocycles. The summed E-state index contributed by atoms with van der Waals surface area (Å²) in [6, 6.07) is 1.83. The van der Waals surface area contributed by atoms with Gasteiger partial charge in [-0.05, 0) is 12.1 Å². The molecule has 8 heteroatoms. The molecular weight excluding hydrogens is 243 g/mol. The Kier molecular flexibility index (Phi) is 3.35. The largest absolute Gasteiger partial charge is 0.465 e. The van der Waals surface area contributed by atoms with Crippen LogP contribution >= 0.6 is 0 Å². The number of hydrogen-bond acceptors (Lipinski definition) is 4. The van der Waals surface area contributed by atoms with Crippen molar-refractivity contribution in [1.82, 2.24) is 0 Å². The number of carbonyl (C=O) groups excluding carboxylic acids is 1. The van der Waals surface area contributed by atoms with Gasteiger partial charge in [0.1, 0.15) is 5.56 Å². The number of nitro benzene ring substituents is 1. The van der Waals surface area contributed by atoms with Crippen LogP contribution in [0.25, 0.3) is 0 Å². The molecule has 1 rings (SSSR count). The van der Waals surface area contributed by atoms with Crippen LogP contribution in [0.1, 0.15) is 15.9 Å². The highest BCUT2D eigenvalue weighted by atomic mass is 19.4. The first kappa shape index (κ1) is 12.9. The zero-order chi connectivity index (χ0) is 13.2. The van der Waals surface area contributed by atoms with Gasteiger partial charge in [0, 0.05) is 6.07 Å². The third kappa shape index (κ3) is 2.71. The number of rotatable bonds is 2. The minimum Gasteiger partial charge on any atom is -0.465 e. The van der Waals surface area contributed by atoms with Gasteiger partial charge in [0.15, 0.2) is 0 Å². The fourth-order valence-corrected chi connectivity index (χ4v) is 1.17. The number of nitrogens with zero attached hydrogens (tertiary/aromatic N) is 1. The van der Waals surface area contributed by atoms with Crippen molar-refractivity contribution in [2.24, 2.45) is 0 Å². The Morgan fingerprint density at radius 1 is 1.41 bits per heavy atom. The maximum atomic E-state index is 12.4. The van der Waals surface area contributed by atoms with Gasteiger partial charge in [-0.15, -0.1) is 0 Å². The average molecular weight is 249 g/mol. The van der Waals surface area contributed by atoms with Gasteiger partial charge in [0.05, 0.1) is 17.6 Å². The Hall–Kier alpha value is -2.12. The number of alkyl halides is 3. The lowest BCUT2D eigenvalue weighted by molar-refractivity contribution is -0.388. The standard InChI is InChI=1S/C9H6F3NO4/c1-17-8(14)5-2-3-6(9(10,11)12)7(4-5)13(15)16/h2-4H,1H3. The molecule has 0 aliphatic rings. The molecule has 1 aromatic rings. The van der Waals surface area contributed by atoms with E-state index in [1.54, 1.807) is 0 Å². The molecule has 0 bridgehead atoms. The van der Waals surface area contributed by atoms with Crippen molar-refractivity contribution in [2.75, 3.05) is 7.11 Å². The molecule has 1 aromatic carbocycles. The molecule has 0 saturated heterocycles. The molecule has 0 atom stereocenters. The Labute approximate surface area is 93.0 Å². The molecule has 0 aromatic heterocycles. The molecule has 17 heavy (non-hydrogen) atoms. The lowest BCUT2D eigenvalue weighted by atomic mass is 10.1. The van der Waals surface area contributed by atoms with E-state index in [1.807, 2.05) is 0 Å². The van der Waals surface area contributed by atoms with Crippen LogP contribution in [-0.2, 0) is 10.9 Å². The minimum atomic E-state index is -4.85. The second-order valence-corrected chi connectivity index (χ2v) is 2.98. The van der Waals surface area contributed by atoms with Crippen molar-refractivity contribution < 1.29 is 27.6 Å². The first-order valence-electron chi connectivity index (χ1n) is 4.21.